The van der Waals surface area contributed by atoms with Gasteiger partial charge in [0.25, 0.3) is 0 Å². The van der Waals surface area contributed by atoms with Crippen molar-refractivity contribution in [2.24, 2.45) is 5.41 Å². The smallest absolute Gasteiger partial charge is 0.324 e. The van der Waals surface area contributed by atoms with Gasteiger partial charge in [-0.2, -0.15) is 0 Å². The van der Waals surface area contributed by atoms with Crippen LogP contribution in [-0.4, -0.2) is 18.4 Å². The minimum Gasteiger partial charge on any atom is -0.465 e. The van der Waals surface area contributed by atoms with E-state index in [0.29, 0.717) is 12.0 Å². The highest BCUT2D eigenvalue weighted by Gasteiger charge is 2.50. The summed E-state index contributed by atoms with van der Waals surface area (Å²) in [5.74, 6) is -0.576. The molecule has 0 N–H and O–H groups in total. The molecule has 0 radical (unpaired) electrons. The molecule has 3 nitrogen and oxygen atoms in total. The third-order valence-corrected chi connectivity index (χ3v) is 3.69. The van der Waals surface area contributed by atoms with E-state index in [9.17, 15) is 9.59 Å². The Morgan fingerprint density at radius 1 is 1.26 bits per heavy atom. The lowest BCUT2D eigenvalue weighted by molar-refractivity contribution is -0.150. The van der Waals surface area contributed by atoms with Crippen molar-refractivity contribution in [3.05, 3.63) is 47.5 Å². The minimum absolute atomic E-state index is 0.155. The average molecular weight is 258 g/mol. The van der Waals surface area contributed by atoms with Crippen molar-refractivity contribution in [1.82, 2.24) is 0 Å². The summed E-state index contributed by atoms with van der Waals surface area (Å²) in [6, 6.07) is 8.95. The van der Waals surface area contributed by atoms with Crippen molar-refractivity contribution in [2.75, 3.05) is 6.61 Å². The molecular formula is C16H18O3. The van der Waals surface area contributed by atoms with Gasteiger partial charge in [0.05, 0.1) is 6.61 Å². The van der Waals surface area contributed by atoms with E-state index in [1.165, 1.54) is 0 Å². The van der Waals surface area contributed by atoms with E-state index in [2.05, 4.69) is 0 Å². The highest BCUT2D eigenvalue weighted by molar-refractivity contribution is 6.15. The zero-order valence-electron chi connectivity index (χ0n) is 11.3. The van der Waals surface area contributed by atoms with E-state index in [1.54, 1.807) is 31.2 Å². The minimum atomic E-state index is -1.11. The molecule has 100 valence electrons. The van der Waals surface area contributed by atoms with Crippen molar-refractivity contribution in [2.45, 2.75) is 26.7 Å². The Morgan fingerprint density at radius 2 is 1.95 bits per heavy atom. The summed E-state index contributed by atoms with van der Waals surface area (Å²) in [7, 11) is 0. The molecule has 1 aromatic rings. The number of benzene rings is 1. The molecule has 1 aliphatic rings. The molecular weight excluding hydrogens is 240 g/mol. The zero-order valence-corrected chi connectivity index (χ0v) is 11.3. The van der Waals surface area contributed by atoms with Crippen LogP contribution >= 0.6 is 0 Å². The summed E-state index contributed by atoms with van der Waals surface area (Å²) in [5.41, 5.74) is 0.252. The maximum atomic E-state index is 12.8. The molecule has 0 saturated heterocycles. The van der Waals surface area contributed by atoms with Crippen LogP contribution in [0.25, 0.3) is 0 Å². The van der Waals surface area contributed by atoms with Gasteiger partial charge in [0.1, 0.15) is 0 Å². The summed E-state index contributed by atoms with van der Waals surface area (Å²) >= 11 is 0. The molecule has 0 saturated carbocycles. The predicted octanol–water partition coefficient (Wildman–Crippen LogP) is 3.16. The molecule has 0 fully saturated rings. The number of carbonyl (C=O) groups excluding carboxylic acids is 2. The zero-order chi connectivity index (χ0) is 13.9. The van der Waals surface area contributed by atoms with Crippen LogP contribution in [0.2, 0.25) is 0 Å². The summed E-state index contributed by atoms with van der Waals surface area (Å²) < 4.78 is 5.14. The Kier molecular flexibility index (Phi) is 3.84. The highest BCUT2D eigenvalue weighted by Crippen LogP contribution is 2.42. The van der Waals surface area contributed by atoms with Crippen LogP contribution < -0.4 is 0 Å². The molecule has 0 spiro atoms. The topological polar surface area (TPSA) is 43.4 Å². The molecule has 1 aromatic carbocycles. The van der Waals surface area contributed by atoms with Gasteiger partial charge in [-0.25, -0.2) is 0 Å². The van der Waals surface area contributed by atoms with E-state index in [1.807, 2.05) is 19.1 Å². The van der Waals surface area contributed by atoms with Gasteiger partial charge in [-0.15, -0.1) is 0 Å². The Labute approximate surface area is 113 Å². The van der Waals surface area contributed by atoms with Gasteiger partial charge >= 0.3 is 5.97 Å². The summed E-state index contributed by atoms with van der Waals surface area (Å²) in [4.78, 5) is 25.1. The van der Waals surface area contributed by atoms with Crippen LogP contribution in [0.3, 0.4) is 0 Å². The molecule has 1 aliphatic carbocycles. The summed E-state index contributed by atoms with van der Waals surface area (Å²) in [6.07, 6.45) is 3.20. The summed E-state index contributed by atoms with van der Waals surface area (Å²) in [5, 5.41) is 0. The SMILES string of the molecule is CCOC(=O)C1(C(=O)c2ccccc2)CCC=C1C. The summed E-state index contributed by atoms with van der Waals surface area (Å²) in [6.45, 7) is 3.88. The maximum absolute atomic E-state index is 12.8. The second-order valence-electron chi connectivity index (χ2n) is 4.75. The van der Waals surface area contributed by atoms with Crippen LogP contribution in [0.5, 0.6) is 0 Å². The van der Waals surface area contributed by atoms with Crippen molar-refractivity contribution < 1.29 is 14.3 Å². The van der Waals surface area contributed by atoms with E-state index in [4.69, 9.17) is 4.74 Å². The fraction of sp³-hybridized carbons (Fsp3) is 0.375. The van der Waals surface area contributed by atoms with Gasteiger partial charge < -0.3 is 4.74 Å². The Hall–Kier alpha value is -1.90. The van der Waals surface area contributed by atoms with Gasteiger partial charge in [0.2, 0.25) is 0 Å². The molecule has 0 aromatic heterocycles. The Bertz CT molecular complexity index is 516. The first-order chi connectivity index (χ1) is 9.13. The van der Waals surface area contributed by atoms with Crippen LogP contribution in [0.1, 0.15) is 37.0 Å². The maximum Gasteiger partial charge on any atom is 0.324 e. The molecule has 3 heteroatoms. The molecule has 1 unspecified atom stereocenters. The lowest BCUT2D eigenvalue weighted by Gasteiger charge is -2.27. The van der Waals surface area contributed by atoms with Crippen LogP contribution in [0.15, 0.2) is 42.0 Å². The van der Waals surface area contributed by atoms with Gasteiger partial charge in [-0.1, -0.05) is 42.0 Å². The number of esters is 1. The van der Waals surface area contributed by atoms with Crippen molar-refractivity contribution in [3.63, 3.8) is 0 Å². The van der Waals surface area contributed by atoms with E-state index in [0.717, 1.165) is 12.0 Å². The van der Waals surface area contributed by atoms with Gasteiger partial charge in [-0.3, -0.25) is 9.59 Å². The number of hydrogen-bond acceptors (Lipinski definition) is 3. The standard InChI is InChI=1S/C16H18O3/c1-3-19-15(18)16(11-7-8-12(16)2)14(17)13-9-5-4-6-10-13/h4-6,8-10H,3,7,11H2,1-2H3. The number of ketones is 1. The highest BCUT2D eigenvalue weighted by atomic mass is 16.5. The molecule has 0 heterocycles. The number of carbonyl (C=O) groups is 2. The lowest BCUT2D eigenvalue weighted by atomic mass is 9.75. The predicted molar refractivity (Wildman–Crippen MR) is 72.8 cm³/mol. The van der Waals surface area contributed by atoms with E-state index in [-0.39, 0.29) is 12.4 Å². The normalized spacial score (nSPS) is 21.9. The average Bonchev–Trinajstić information content (AvgIpc) is 2.82. The first kappa shape index (κ1) is 13.5. The number of hydrogen-bond donors (Lipinski definition) is 0. The lowest BCUT2D eigenvalue weighted by Crippen LogP contribution is -2.40. The monoisotopic (exact) mass is 258 g/mol. The number of Topliss-reactive ketones (excluding diaryl/α,β-unsaturated/α-hetero) is 1. The van der Waals surface area contributed by atoms with Crippen LogP contribution in [0, 0.1) is 5.41 Å². The van der Waals surface area contributed by atoms with Crippen molar-refractivity contribution in [1.29, 1.82) is 0 Å². The molecule has 0 bridgehead atoms. The Balaban J connectivity index is 2.43. The Morgan fingerprint density at radius 3 is 2.47 bits per heavy atom. The molecule has 1 atom stereocenters. The number of rotatable bonds is 4. The van der Waals surface area contributed by atoms with Crippen molar-refractivity contribution >= 4 is 11.8 Å². The fourth-order valence-electron chi connectivity index (χ4n) is 2.62. The quantitative estimate of drug-likeness (QED) is 0.360. The third-order valence-electron chi connectivity index (χ3n) is 3.69. The second kappa shape index (κ2) is 5.39. The molecule has 0 aliphatic heterocycles. The van der Waals surface area contributed by atoms with Gasteiger partial charge in [0.15, 0.2) is 11.2 Å². The molecule has 19 heavy (non-hydrogen) atoms. The molecule has 0 amide bonds. The van der Waals surface area contributed by atoms with Crippen molar-refractivity contribution in [3.8, 4) is 0 Å². The van der Waals surface area contributed by atoms with E-state index < -0.39 is 11.4 Å². The first-order valence-electron chi connectivity index (χ1n) is 6.57. The third kappa shape index (κ3) is 2.21. The largest absolute Gasteiger partial charge is 0.465 e. The number of ether oxygens (including phenoxy) is 1. The fourth-order valence-corrected chi connectivity index (χ4v) is 2.62. The van der Waals surface area contributed by atoms with E-state index >= 15 is 0 Å². The van der Waals surface area contributed by atoms with Crippen LogP contribution in [0.4, 0.5) is 0 Å². The first-order valence-corrected chi connectivity index (χ1v) is 6.57. The van der Waals surface area contributed by atoms with Gasteiger partial charge in [0, 0.05) is 5.56 Å². The van der Waals surface area contributed by atoms with Crippen LogP contribution in [-0.2, 0) is 9.53 Å². The van der Waals surface area contributed by atoms with Gasteiger partial charge in [-0.05, 0) is 26.7 Å². The molecule has 2 rings (SSSR count). The number of allylic oxidation sites excluding steroid dienone is 1. The second-order valence-corrected chi connectivity index (χ2v) is 4.75.